The predicted molar refractivity (Wildman–Crippen MR) is 78.9 cm³/mol. The molecule has 0 atom stereocenters. The molecular formula is C15H17NO2S. The zero-order valence-corrected chi connectivity index (χ0v) is 12.1. The Bertz CT molecular complexity index is 714. The Hall–Kier alpha value is -1.81. The van der Waals surface area contributed by atoms with E-state index >= 15 is 0 Å². The number of rotatable bonds is 2. The first-order valence-corrected chi connectivity index (χ1v) is 7.85. The minimum Gasteiger partial charge on any atom is -0.398 e. The molecule has 0 aliphatic carbocycles. The second-order valence-electron chi connectivity index (χ2n) is 4.90. The minimum absolute atomic E-state index is 0.248. The molecule has 0 fully saturated rings. The van der Waals surface area contributed by atoms with Crippen LogP contribution in [0.15, 0.2) is 41.3 Å². The molecule has 100 valence electrons. The van der Waals surface area contributed by atoms with Crippen LogP contribution in [0.2, 0.25) is 0 Å². The largest absolute Gasteiger partial charge is 0.398 e. The van der Waals surface area contributed by atoms with Gasteiger partial charge >= 0.3 is 0 Å². The van der Waals surface area contributed by atoms with E-state index in [-0.39, 0.29) is 4.90 Å². The summed E-state index contributed by atoms with van der Waals surface area (Å²) in [5.74, 6) is 0. The molecule has 0 aliphatic heterocycles. The standard InChI is InChI=1S/C15H17NO2S/c1-10-6-11(2)8-12(7-10)14-5-4-13(9-15(14)16)19(3,17)18/h4-9H,16H2,1-3H3. The van der Waals surface area contributed by atoms with Crippen LogP contribution in [0.3, 0.4) is 0 Å². The molecular weight excluding hydrogens is 258 g/mol. The van der Waals surface area contributed by atoms with E-state index in [9.17, 15) is 8.42 Å². The number of aryl methyl sites for hydroxylation is 2. The molecule has 0 heterocycles. The lowest BCUT2D eigenvalue weighted by molar-refractivity contribution is 0.602. The van der Waals surface area contributed by atoms with Gasteiger partial charge in [-0.1, -0.05) is 35.4 Å². The molecule has 2 rings (SSSR count). The molecule has 0 spiro atoms. The van der Waals surface area contributed by atoms with E-state index in [2.05, 4.69) is 6.07 Å². The number of hydrogen-bond donors (Lipinski definition) is 1. The van der Waals surface area contributed by atoms with Crippen LogP contribution in [0.5, 0.6) is 0 Å². The van der Waals surface area contributed by atoms with Crippen LogP contribution in [0.4, 0.5) is 5.69 Å². The Labute approximate surface area is 114 Å². The first kappa shape index (κ1) is 13.6. The van der Waals surface area contributed by atoms with Crippen molar-refractivity contribution in [1.29, 1.82) is 0 Å². The average Bonchev–Trinajstić information content (AvgIpc) is 2.26. The van der Waals surface area contributed by atoms with Crippen molar-refractivity contribution in [3.63, 3.8) is 0 Å². The van der Waals surface area contributed by atoms with Crippen molar-refractivity contribution in [3.8, 4) is 11.1 Å². The number of sulfone groups is 1. The molecule has 0 unspecified atom stereocenters. The van der Waals surface area contributed by atoms with Crippen molar-refractivity contribution in [1.82, 2.24) is 0 Å². The molecule has 0 amide bonds. The van der Waals surface area contributed by atoms with Gasteiger partial charge in [0.15, 0.2) is 9.84 Å². The van der Waals surface area contributed by atoms with E-state index in [4.69, 9.17) is 5.73 Å². The van der Waals surface area contributed by atoms with Gasteiger partial charge in [0.05, 0.1) is 4.90 Å². The zero-order chi connectivity index (χ0) is 14.2. The van der Waals surface area contributed by atoms with Crippen molar-refractivity contribution in [3.05, 3.63) is 47.5 Å². The van der Waals surface area contributed by atoms with Gasteiger partial charge in [0.1, 0.15) is 0 Å². The van der Waals surface area contributed by atoms with Crippen molar-refractivity contribution in [2.45, 2.75) is 18.7 Å². The van der Waals surface area contributed by atoms with Gasteiger partial charge in [0.25, 0.3) is 0 Å². The van der Waals surface area contributed by atoms with E-state index in [1.54, 1.807) is 12.1 Å². The summed E-state index contributed by atoms with van der Waals surface area (Å²) in [7, 11) is -3.22. The Morgan fingerprint density at radius 2 is 1.53 bits per heavy atom. The number of nitrogens with two attached hydrogens (primary N) is 1. The Balaban J connectivity index is 2.58. The van der Waals surface area contributed by atoms with Crippen molar-refractivity contribution < 1.29 is 8.42 Å². The molecule has 2 N–H and O–H groups in total. The second-order valence-corrected chi connectivity index (χ2v) is 6.91. The third-order valence-electron chi connectivity index (χ3n) is 2.98. The fourth-order valence-corrected chi connectivity index (χ4v) is 2.82. The zero-order valence-electron chi connectivity index (χ0n) is 11.3. The van der Waals surface area contributed by atoms with Gasteiger partial charge in [-0.3, -0.25) is 0 Å². The van der Waals surface area contributed by atoms with Gasteiger partial charge in [-0.2, -0.15) is 0 Å². The quantitative estimate of drug-likeness (QED) is 0.857. The molecule has 0 radical (unpaired) electrons. The summed E-state index contributed by atoms with van der Waals surface area (Å²) in [6.45, 7) is 4.05. The molecule has 0 bridgehead atoms. The summed E-state index contributed by atoms with van der Waals surface area (Å²) in [6.07, 6.45) is 1.18. The molecule has 0 aliphatic rings. The lowest BCUT2D eigenvalue weighted by Crippen LogP contribution is -1.99. The topological polar surface area (TPSA) is 60.2 Å². The molecule has 0 saturated heterocycles. The highest BCUT2D eigenvalue weighted by Crippen LogP contribution is 2.29. The van der Waals surface area contributed by atoms with E-state index in [0.29, 0.717) is 5.69 Å². The maximum Gasteiger partial charge on any atom is 0.175 e. The van der Waals surface area contributed by atoms with Crippen LogP contribution in [0.1, 0.15) is 11.1 Å². The maximum absolute atomic E-state index is 11.5. The summed E-state index contributed by atoms with van der Waals surface area (Å²) in [6, 6.07) is 11.0. The van der Waals surface area contributed by atoms with Gasteiger partial charge < -0.3 is 5.73 Å². The van der Waals surface area contributed by atoms with Gasteiger partial charge in [0.2, 0.25) is 0 Å². The average molecular weight is 275 g/mol. The highest BCUT2D eigenvalue weighted by molar-refractivity contribution is 7.90. The predicted octanol–water partition coefficient (Wildman–Crippen LogP) is 2.96. The van der Waals surface area contributed by atoms with Crippen molar-refractivity contribution in [2.24, 2.45) is 0 Å². The lowest BCUT2D eigenvalue weighted by Gasteiger charge is -2.10. The Morgan fingerprint density at radius 3 is 2.00 bits per heavy atom. The van der Waals surface area contributed by atoms with Crippen LogP contribution in [-0.2, 0) is 9.84 Å². The van der Waals surface area contributed by atoms with E-state index in [1.807, 2.05) is 26.0 Å². The number of anilines is 1. The van der Waals surface area contributed by atoms with Gasteiger partial charge in [-0.15, -0.1) is 0 Å². The first-order valence-electron chi connectivity index (χ1n) is 5.95. The fourth-order valence-electron chi connectivity index (χ4n) is 2.16. The van der Waals surface area contributed by atoms with Crippen molar-refractivity contribution >= 4 is 15.5 Å². The molecule has 0 aromatic heterocycles. The third kappa shape index (κ3) is 2.96. The smallest absolute Gasteiger partial charge is 0.175 e. The Morgan fingerprint density at radius 1 is 0.947 bits per heavy atom. The molecule has 0 saturated carbocycles. The van der Waals surface area contributed by atoms with E-state index in [1.165, 1.54) is 12.3 Å². The summed E-state index contributed by atoms with van der Waals surface area (Å²) in [5.41, 5.74) is 10.6. The van der Waals surface area contributed by atoms with E-state index in [0.717, 1.165) is 22.3 Å². The van der Waals surface area contributed by atoms with Crippen LogP contribution >= 0.6 is 0 Å². The van der Waals surface area contributed by atoms with Gasteiger partial charge in [-0.25, -0.2) is 8.42 Å². The van der Waals surface area contributed by atoms with Crippen LogP contribution < -0.4 is 5.73 Å². The monoisotopic (exact) mass is 275 g/mol. The maximum atomic E-state index is 11.5. The van der Waals surface area contributed by atoms with Crippen LogP contribution in [0.25, 0.3) is 11.1 Å². The summed E-state index contributed by atoms with van der Waals surface area (Å²) in [4.78, 5) is 0.248. The summed E-state index contributed by atoms with van der Waals surface area (Å²) >= 11 is 0. The number of hydrogen-bond acceptors (Lipinski definition) is 3. The molecule has 2 aromatic carbocycles. The Kier molecular flexibility index (Phi) is 3.37. The number of benzene rings is 2. The summed E-state index contributed by atoms with van der Waals surface area (Å²) in [5, 5.41) is 0. The SMILES string of the molecule is Cc1cc(C)cc(-c2ccc(S(C)(=O)=O)cc2N)c1. The third-order valence-corrected chi connectivity index (χ3v) is 4.09. The molecule has 2 aromatic rings. The second kappa shape index (κ2) is 4.70. The normalized spacial score (nSPS) is 11.5. The summed E-state index contributed by atoms with van der Waals surface area (Å²) < 4.78 is 23.0. The van der Waals surface area contributed by atoms with E-state index < -0.39 is 9.84 Å². The highest BCUT2D eigenvalue weighted by Gasteiger charge is 2.10. The minimum atomic E-state index is -3.22. The molecule has 19 heavy (non-hydrogen) atoms. The molecule has 4 heteroatoms. The first-order chi connectivity index (χ1) is 8.77. The fraction of sp³-hybridized carbons (Fsp3) is 0.200. The van der Waals surface area contributed by atoms with Crippen molar-refractivity contribution in [2.75, 3.05) is 12.0 Å². The van der Waals surface area contributed by atoms with Gasteiger partial charge in [0, 0.05) is 17.5 Å². The lowest BCUT2D eigenvalue weighted by atomic mass is 9.99. The molecule has 3 nitrogen and oxygen atoms in total. The number of nitrogen functional groups attached to an aromatic ring is 1. The van der Waals surface area contributed by atoms with Gasteiger partial charge in [-0.05, 0) is 31.5 Å². The highest BCUT2D eigenvalue weighted by atomic mass is 32.2. The van der Waals surface area contributed by atoms with Crippen LogP contribution in [0, 0.1) is 13.8 Å². The van der Waals surface area contributed by atoms with Crippen LogP contribution in [-0.4, -0.2) is 14.7 Å².